The third kappa shape index (κ3) is 9.23. The fourth-order valence-corrected chi connectivity index (χ4v) is 5.08. The van der Waals surface area contributed by atoms with Crippen LogP contribution >= 0.6 is 11.6 Å². The van der Waals surface area contributed by atoms with Gasteiger partial charge in [-0.3, -0.25) is 9.78 Å². The van der Waals surface area contributed by atoms with Gasteiger partial charge in [-0.15, -0.1) is 0 Å². The van der Waals surface area contributed by atoms with Crippen molar-refractivity contribution in [1.82, 2.24) is 19.2 Å². The number of aliphatic carboxylic acids is 2. The lowest BCUT2D eigenvalue weighted by Gasteiger charge is -2.25. The molecule has 35 heavy (non-hydrogen) atoms. The van der Waals surface area contributed by atoms with Crippen LogP contribution in [0.1, 0.15) is 41.6 Å². The molecular weight excluding hydrogens is 500 g/mol. The van der Waals surface area contributed by atoms with Crippen molar-refractivity contribution in [2.24, 2.45) is 0 Å². The minimum atomic E-state index is -3.44. The zero-order valence-electron chi connectivity index (χ0n) is 18.9. The van der Waals surface area contributed by atoms with Crippen molar-refractivity contribution >= 4 is 39.5 Å². The van der Waals surface area contributed by atoms with Crippen LogP contribution in [0.25, 0.3) is 0 Å². The van der Waals surface area contributed by atoms with Crippen molar-refractivity contribution in [3.05, 3.63) is 59.1 Å². The van der Waals surface area contributed by atoms with Crippen LogP contribution in [0, 0.1) is 0 Å². The Labute approximate surface area is 208 Å². The molecule has 2 aromatic heterocycles. The average Bonchev–Trinajstić information content (AvgIpc) is 3.13. The summed E-state index contributed by atoms with van der Waals surface area (Å²) in [4.78, 5) is 40.8. The Morgan fingerprint density at radius 3 is 2.17 bits per heavy atom. The Balaban J connectivity index is 0.000000641. The molecule has 11 nitrogen and oxygen atoms in total. The summed E-state index contributed by atoms with van der Waals surface area (Å²) in [6, 6.07) is 6.86. The van der Waals surface area contributed by atoms with E-state index in [4.69, 9.17) is 31.4 Å². The van der Waals surface area contributed by atoms with E-state index < -0.39 is 22.0 Å². The Bertz CT molecular complexity index is 1100. The number of sulfonamides is 1. The molecule has 2 aromatic rings. The molecule has 13 heteroatoms. The summed E-state index contributed by atoms with van der Waals surface area (Å²) in [6.45, 7) is 1.41. The lowest BCUT2D eigenvalue weighted by molar-refractivity contribution is -0.159. The van der Waals surface area contributed by atoms with Crippen molar-refractivity contribution in [3.63, 3.8) is 0 Å². The van der Waals surface area contributed by atoms with Crippen molar-refractivity contribution in [1.29, 1.82) is 0 Å². The van der Waals surface area contributed by atoms with Gasteiger partial charge in [0.15, 0.2) is 0 Å². The molecule has 0 spiro atoms. The van der Waals surface area contributed by atoms with Crippen LogP contribution in [0.3, 0.4) is 0 Å². The first-order valence-corrected chi connectivity index (χ1v) is 12.8. The molecule has 1 aliphatic heterocycles. The fraction of sp³-hybridized carbons (Fsp3) is 0.409. The minimum absolute atomic E-state index is 0.0672. The first-order chi connectivity index (χ1) is 16.6. The highest BCUT2D eigenvalue weighted by atomic mass is 35.5. The summed E-state index contributed by atoms with van der Waals surface area (Å²) < 4.78 is 27.3. The molecule has 0 unspecified atom stereocenters. The summed E-state index contributed by atoms with van der Waals surface area (Å²) in [5, 5.41) is 14.9. The number of nitrogens with zero attached hydrogens (tertiary/aromatic N) is 4. The molecular formula is C22H27ClN4O7S. The van der Waals surface area contributed by atoms with Gasteiger partial charge in [0.1, 0.15) is 5.15 Å². The number of hydrogen-bond acceptors (Lipinski definition) is 7. The number of carbonyl (C=O) groups excluding carboxylic acids is 1. The number of pyridine rings is 2. The lowest BCUT2D eigenvalue weighted by atomic mass is 10.2. The molecule has 0 saturated carbocycles. The van der Waals surface area contributed by atoms with Crippen LogP contribution in [0.2, 0.25) is 5.15 Å². The Morgan fingerprint density at radius 2 is 1.63 bits per heavy atom. The fourth-order valence-electron chi connectivity index (χ4n) is 3.35. The van der Waals surface area contributed by atoms with Crippen molar-refractivity contribution in [3.8, 4) is 0 Å². The predicted octanol–water partition coefficient (Wildman–Crippen LogP) is 2.13. The highest BCUT2D eigenvalue weighted by Crippen LogP contribution is 2.18. The van der Waals surface area contributed by atoms with E-state index in [1.807, 2.05) is 6.07 Å². The molecule has 3 rings (SSSR count). The van der Waals surface area contributed by atoms with Crippen LogP contribution in [0.4, 0.5) is 0 Å². The van der Waals surface area contributed by atoms with Gasteiger partial charge in [0.25, 0.3) is 5.91 Å². The zero-order chi connectivity index (χ0) is 25.8. The van der Waals surface area contributed by atoms with Crippen LogP contribution < -0.4 is 0 Å². The Morgan fingerprint density at radius 1 is 1.00 bits per heavy atom. The van der Waals surface area contributed by atoms with E-state index in [1.54, 1.807) is 34.9 Å². The maximum absolute atomic E-state index is 13.1. The Hall–Kier alpha value is -3.09. The van der Waals surface area contributed by atoms with Gasteiger partial charge in [-0.1, -0.05) is 30.5 Å². The summed E-state index contributed by atoms with van der Waals surface area (Å²) in [6.07, 6.45) is 8.68. The maximum Gasteiger partial charge on any atom is 0.414 e. The van der Waals surface area contributed by atoms with Crippen molar-refractivity contribution in [2.75, 3.05) is 25.4 Å². The van der Waals surface area contributed by atoms with Crippen molar-refractivity contribution < 1.29 is 33.0 Å². The molecule has 0 atom stereocenters. The zero-order valence-corrected chi connectivity index (χ0v) is 20.5. The summed E-state index contributed by atoms with van der Waals surface area (Å²) in [5.41, 5.74) is 1.07. The van der Waals surface area contributed by atoms with Gasteiger partial charge in [-0.25, -0.2) is 27.3 Å². The molecule has 1 amide bonds. The standard InChI is InChI=1S/C20H25ClN4O3S.C2H2O4/c21-19-18(8-6-10-23-19)20(26)24(16-17-7-5-9-22-15-17)13-14-29(27,28)25-11-3-1-2-4-12-25;3-1(4)2(5)6/h5-10,15H,1-4,11-14,16H2;(H,3,4)(H,5,6). The number of aromatic nitrogens is 2. The number of amides is 1. The minimum Gasteiger partial charge on any atom is -0.473 e. The number of carbonyl (C=O) groups is 3. The SMILES string of the molecule is O=C(O)C(=O)O.O=C(c1cccnc1Cl)N(CCS(=O)(=O)N1CCCCCC1)Cc1cccnc1. The number of halogens is 1. The number of rotatable bonds is 7. The molecule has 2 N–H and O–H groups in total. The second-order valence-corrected chi connectivity index (χ2v) is 10.1. The molecule has 190 valence electrons. The molecule has 0 radical (unpaired) electrons. The summed E-state index contributed by atoms with van der Waals surface area (Å²) in [5.74, 6) is -4.13. The molecule has 1 saturated heterocycles. The first kappa shape index (κ1) is 28.1. The second kappa shape index (κ2) is 13.7. The van der Waals surface area contributed by atoms with E-state index in [1.165, 1.54) is 11.1 Å². The normalized spacial score (nSPS) is 14.2. The average molecular weight is 527 g/mol. The number of hydrogen-bond donors (Lipinski definition) is 2. The largest absolute Gasteiger partial charge is 0.473 e. The van der Waals surface area contributed by atoms with E-state index in [-0.39, 0.29) is 35.5 Å². The predicted molar refractivity (Wildman–Crippen MR) is 127 cm³/mol. The second-order valence-electron chi connectivity index (χ2n) is 7.67. The Kier molecular flexibility index (Phi) is 11.0. The topological polar surface area (TPSA) is 158 Å². The lowest BCUT2D eigenvalue weighted by Crippen LogP contribution is -2.40. The smallest absolute Gasteiger partial charge is 0.414 e. The van der Waals surface area contributed by atoms with Gasteiger partial charge in [0.2, 0.25) is 10.0 Å². The van der Waals surface area contributed by atoms with Gasteiger partial charge >= 0.3 is 11.9 Å². The van der Waals surface area contributed by atoms with Gasteiger partial charge in [-0.05, 0) is 36.6 Å². The summed E-state index contributed by atoms with van der Waals surface area (Å²) in [7, 11) is -3.44. The van der Waals surface area contributed by atoms with Crippen molar-refractivity contribution in [2.45, 2.75) is 32.2 Å². The molecule has 0 aromatic carbocycles. The van der Waals surface area contributed by atoms with Gasteiger partial charge in [0.05, 0.1) is 11.3 Å². The van der Waals surface area contributed by atoms with Crippen LogP contribution in [-0.2, 0) is 26.2 Å². The van der Waals surface area contributed by atoms with Crippen LogP contribution in [0.15, 0.2) is 42.9 Å². The van der Waals surface area contributed by atoms with E-state index in [0.717, 1.165) is 31.2 Å². The monoisotopic (exact) mass is 526 g/mol. The van der Waals surface area contributed by atoms with E-state index >= 15 is 0 Å². The van der Waals surface area contributed by atoms with Gasteiger partial charge in [-0.2, -0.15) is 0 Å². The summed E-state index contributed by atoms with van der Waals surface area (Å²) >= 11 is 6.10. The highest BCUT2D eigenvalue weighted by Gasteiger charge is 2.26. The van der Waals surface area contributed by atoms with E-state index in [0.29, 0.717) is 13.1 Å². The molecule has 3 heterocycles. The quantitative estimate of drug-likeness (QED) is 0.407. The molecule has 1 fully saturated rings. The third-order valence-electron chi connectivity index (χ3n) is 5.13. The van der Waals surface area contributed by atoms with Gasteiger partial charge in [0, 0.05) is 44.8 Å². The maximum atomic E-state index is 13.1. The van der Waals surface area contributed by atoms with E-state index in [9.17, 15) is 13.2 Å². The first-order valence-electron chi connectivity index (χ1n) is 10.8. The number of carboxylic acid groups (broad SMARTS) is 2. The highest BCUT2D eigenvalue weighted by molar-refractivity contribution is 7.89. The third-order valence-corrected chi connectivity index (χ3v) is 7.29. The number of carboxylic acids is 2. The molecule has 0 bridgehead atoms. The van der Waals surface area contributed by atoms with Crippen LogP contribution in [0.5, 0.6) is 0 Å². The molecule has 1 aliphatic rings. The molecule has 0 aliphatic carbocycles. The van der Waals surface area contributed by atoms with E-state index in [2.05, 4.69) is 9.97 Å². The van der Waals surface area contributed by atoms with Crippen LogP contribution in [-0.4, -0.2) is 81.0 Å². The van der Waals surface area contributed by atoms with Gasteiger partial charge < -0.3 is 15.1 Å².